The van der Waals surface area contributed by atoms with Crippen LogP contribution in [0.4, 0.5) is 0 Å². The van der Waals surface area contributed by atoms with Gasteiger partial charge < -0.3 is 0 Å². The number of hydrazine groups is 1. The molecule has 0 bridgehead atoms. The number of carbonyl (C=O) groups is 2. The first-order chi connectivity index (χ1) is 11.0. The van der Waals surface area contributed by atoms with Crippen molar-refractivity contribution in [2.75, 3.05) is 0 Å². The number of nitrogens with one attached hydrogen (secondary N) is 2. The second-order valence-corrected chi connectivity index (χ2v) is 5.91. The molecule has 0 spiro atoms. The Bertz CT molecular complexity index is 727. The van der Waals surface area contributed by atoms with E-state index in [1.807, 2.05) is 55.5 Å². The lowest BCUT2D eigenvalue weighted by Crippen LogP contribution is -2.41. The normalized spacial score (nSPS) is 10.5. The molecule has 5 heteroatoms. The lowest BCUT2D eigenvalue weighted by molar-refractivity contribution is -0.126. The fourth-order valence-corrected chi connectivity index (χ4v) is 2.56. The van der Waals surface area contributed by atoms with Gasteiger partial charge in [-0.3, -0.25) is 20.4 Å². The van der Waals surface area contributed by atoms with Gasteiger partial charge in [-0.15, -0.1) is 0 Å². The average molecular weight is 373 g/mol. The quantitative estimate of drug-likeness (QED) is 0.639. The number of rotatable bonds is 4. The van der Waals surface area contributed by atoms with Gasteiger partial charge in [0.05, 0.1) is 6.42 Å². The first-order valence-corrected chi connectivity index (χ1v) is 7.91. The van der Waals surface area contributed by atoms with E-state index in [0.29, 0.717) is 0 Å². The molecule has 0 saturated heterocycles. The van der Waals surface area contributed by atoms with Crippen molar-refractivity contribution in [3.63, 3.8) is 0 Å². The van der Waals surface area contributed by atoms with E-state index in [4.69, 9.17) is 0 Å². The van der Waals surface area contributed by atoms with Crippen molar-refractivity contribution >= 4 is 33.8 Å². The van der Waals surface area contributed by atoms with Crippen LogP contribution in [-0.4, -0.2) is 11.8 Å². The molecule has 2 aromatic carbocycles. The van der Waals surface area contributed by atoms with E-state index >= 15 is 0 Å². The summed E-state index contributed by atoms with van der Waals surface area (Å²) in [6.45, 7) is 1.99. The minimum Gasteiger partial charge on any atom is -0.273 e. The summed E-state index contributed by atoms with van der Waals surface area (Å²) in [4.78, 5) is 23.4. The van der Waals surface area contributed by atoms with Crippen LogP contribution in [0.2, 0.25) is 0 Å². The third kappa shape index (κ3) is 5.71. The van der Waals surface area contributed by atoms with Crippen LogP contribution in [0.25, 0.3) is 6.08 Å². The van der Waals surface area contributed by atoms with Crippen molar-refractivity contribution in [3.8, 4) is 0 Å². The number of benzene rings is 2. The summed E-state index contributed by atoms with van der Waals surface area (Å²) in [5.74, 6) is -0.659. The van der Waals surface area contributed by atoms with Crippen molar-refractivity contribution in [1.82, 2.24) is 10.9 Å². The fourth-order valence-electron chi connectivity index (χ4n) is 1.93. The van der Waals surface area contributed by atoms with Crippen molar-refractivity contribution in [2.24, 2.45) is 0 Å². The molecule has 23 heavy (non-hydrogen) atoms. The molecule has 118 valence electrons. The van der Waals surface area contributed by atoms with Gasteiger partial charge in [0, 0.05) is 10.5 Å². The van der Waals surface area contributed by atoms with Crippen LogP contribution in [0.15, 0.2) is 59.1 Å². The molecule has 0 unspecified atom stereocenters. The lowest BCUT2D eigenvalue weighted by Gasteiger charge is -2.05. The van der Waals surface area contributed by atoms with Crippen LogP contribution < -0.4 is 10.9 Å². The molecule has 0 aliphatic carbocycles. The predicted octanol–water partition coefficient (Wildman–Crippen LogP) is 3.16. The summed E-state index contributed by atoms with van der Waals surface area (Å²) in [5, 5.41) is 0. The molecule has 0 saturated carbocycles. The highest BCUT2D eigenvalue weighted by molar-refractivity contribution is 9.10. The van der Waals surface area contributed by atoms with Crippen molar-refractivity contribution < 1.29 is 9.59 Å². The molecule has 0 atom stereocenters. The van der Waals surface area contributed by atoms with Gasteiger partial charge in [0.15, 0.2) is 0 Å². The van der Waals surface area contributed by atoms with Crippen LogP contribution in [0.3, 0.4) is 0 Å². The Labute approximate surface area is 143 Å². The molecule has 2 aromatic rings. The summed E-state index contributed by atoms with van der Waals surface area (Å²) in [5.41, 5.74) is 7.66. The number of hydrogen-bond donors (Lipinski definition) is 2. The van der Waals surface area contributed by atoms with Gasteiger partial charge in [-0.05, 0) is 35.8 Å². The lowest BCUT2D eigenvalue weighted by atomic mass is 10.1. The second kappa shape index (κ2) is 8.29. The maximum absolute atomic E-state index is 11.7. The van der Waals surface area contributed by atoms with Gasteiger partial charge >= 0.3 is 0 Å². The zero-order chi connectivity index (χ0) is 16.7. The third-order valence-corrected chi connectivity index (χ3v) is 3.79. The summed E-state index contributed by atoms with van der Waals surface area (Å²) in [7, 11) is 0. The summed E-state index contributed by atoms with van der Waals surface area (Å²) in [6.07, 6.45) is 3.27. The standard InChI is InChI=1S/C18H17BrN2O2/c1-13-7-8-15(16(19)11-13)9-10-17(22)20-21-18(23)12-14-5-3-2-4-6-14/h2-11H,12H2,1H3,(H,20,22)(H,21,23)/b10-9+. The third-order valence-electron chi connectivity index (χ3n) is 3.10. The molecule has 2 amide bonds. The van der Waals surface area contributed by atoms with Crippen LogP contribution in [-0.2, 0) is 16.0 Å². The molecule has 0 heterocycles. The molecule has 0 aromatic heterocycles. The van der Waals surface area contributed by atoms with Crippen LogP contribution in [0, 0.1) is 6.92 Å². The Morgan fingerprint density at radius 1 is 1.09 bits per heavy atom. The van der Waals surface area contributed by atoms with E-state index in [1.165, 1.54) is 6.08 Å². The van der Waals surface area contributed by atoms with E-state index in [1.54, 1.807) is 6.08 Å². The molecular weight excluding hydrogens is 356 g/mol. The molecule has 4 nitrogen and oxygen atoms in total. The van der Waals surface area contributed by atoms with Crippen LogP contribution >= 0.6 is 15.9 Å². The van der Waals surface area contributed by atoms with E-state index in [0.717, 1.165) is 21.2 Å². The summed E-state index contributed by atoms with van der Waals surface area (Å²) in [6, 6.07) is 15.2. The number of halogens is 1. The number of aryl methyl sites for hydroxylation is 1. The SMILES string of the molecule is Cc1ccc(/C=C/C(=O)NNC(=O)Cc2ccccc2)c(Br)c1. The zero-order valence-corrected chi connectivity index (χ0v) is 14.3. The van der Waals surface area contributed by atoms with E-state index < -0.39 is 0 Å². The maximum Gasteiger partial charge on any atom is 0.262 e. The monoisotopic (exact) mass is 372 g/mol. The maximum atomic E-state index is 11.7. The Hall–Kier alpha value is -2.40. The highest BCUT2D eigenvalue weighted by Gasteiger charge is 2.04. The molecule has 2 rings (SSSR count). The number of hydrogen-bond acceptors (Lipinski definition) is 2. The highest BCUT2D eigenvalue weighted by Crippen LogP contribution is 2.19. The molecule has 0 aliphatic rings. The van der Waals surface area contributed by atoms with E-state index in [-0.39, 0.29) is 18.2 Å². The molecular formula is C18H17BrN2O2. The van der Waals surface area contributed by atoms with Gasteiger partial charge in [0.25, 0.3) is 5.91 Å². The molecule has 0 aliphatic heterocycles. The van der Waals surface area contributed by atoms with Gasteiger partial charge in [0.1, 0.15) is 0 Å². The minimum absolute atomic E-state index is 0.217. The first-order valence-electron chi connectivity index (χ1n) is 7.11. The van der Waals surface area contributed by atoms with Crippen LogP contribution in [0.1, 0.15) is 16.7 Å². The van der Waals surface area contributed by atoms with E-state index in [2.05, 4.69) is 26.8 Å². The predicted molar refractivity (Wildman–Crippen MR) is 94.3 cm³/mol. The van der Waals surface area contributed by atoms with Crippen molar-refractivity contribution in [1.29, 1.82) is 0 Å². The number of amides is 2. The molecule has 0 fully saturated rings. The van der Waals surface area contributed by atoms with Crippen molar-refractivity contribution in [2.45, 2.75) is 13.3 Å². The number of carbonyl (C=O) groups excluding carboxylic acids is 2. The van der Waals surface area contributed by atoms with Gasteiger partial charge in [0.2, 0.25) is 5.91 Å². The fraction of sp³-hybridized carbons (Fsp3) is 0.111. The Morgan fingerprint density at radius 3 is 2.52 bits per heavy atom. The second-order valence-electron chi connectivity index (χ2n) is 5.06. The first kappa shape index (κ1) is 17.0. The van der Waals surface area contributed by atoms with Crippen LogP contribution in [0.5, 0.6) is 0 Å². The molecule has 2 N–H and O–H groups in total. The Morgan fingerprint density at radius 2 is 1.83 bits per heavy atom. The van der Waals surface area contributed by atoms with Gasteiger partial charge in [-0.2, -0.15) is 0 Å². The van der Waals surface area contributed by atoms with Gasteiger partial charge in [-0.25, -0.2) is 0 Å². The zero-order valence-electron chi connectivity index (χ0n) is 12.7. The summed E-state index contributed by atoms with van der Waals surface area (Å²) < 4.78 is 0.912. The van der Waals surface area contributed by atoms with Crippen molar-refractivity contribution in [3.05, 3.63) is 75.8 Å². The summed E-state index contributed by atoms with van der Waals surface area (Å²) >= 11 is 3.44. The Balaban J connectivity index is 1.82. The topological polar surface area (TPSA) is 58.2 Å². The highest BCUT2D eigenvalue weighted by atomic mass is 79.9. The Kier molecular flexibility index (Phi) is 6.11. The average Bonchev–Trinajstić information content (AvgIpc) is 2.53. The molecule has 0 radical (unpaired) electrons. The van der Waals surface area contributed by atoms with Gasteiger partial charge in [-0.1, -0.05) is 58.4 Å². The van der Waals surface area contributed by atoms with E-state index in [9.17, 15) is 9.59 Å². The largest absolute Gasteiger partial charge is 0.273 e. The smallest absolute Gasteiger partial charge is 0.262 e. The minimum atomic E-state index is -0.390.